The van der Waals surface area contributed by atoms with Gasteiger partial charge in [-0.25, -0.2) is 18.7 Å². The van der Waals surface area contributed by atoms with Gasteiger partial charge in [0.25, 0.3) is 5.92 Å². The second kappa shape index (κ2) is 6.96. The van der Waals surface area contributed by atoms with Crippen molar-refractivity contribution in [3.8, 4) is 11.3 Å². The first-order chi connectivity index (χ1) is 16.1. The van der Waals surface area contributed by atoms with Crippen LogP contribution in [0.5, 0.6) is 0 Å². The monoisotopic (exact) mass is 480 g/mol. The predicted molar refractivity (Wildman–Crippen MR) is 110 cm³/mol. The van der Waals surface area contributed by atoms with E-state index < -0.39 is 35.4 Å². The third-order valence-corrected chi connectivity index (χ3v) is 7.39. The number of aryl methyl sites for hydroxylation is 1. The SMILES string of the molecule is Nc1ncc(-c2cc3n(n2)CC[C@@]32CCN([C@@H](c3ncn[nH]3)[C@@H]3CC3(F)F)C2)cc1C(F)(F)F. The first-order valence-corrected chi connectivity index (χ1v) is 11.0. The summed E-state index contributed by atoms with van der Waals surface area (Å²) in [4.78, 5) is 9.90. The van der Waals surface area contributed by atoms with Crippen molar-refractivity contribution in [3.05, 3.63) is 41.7 Å². The summed E-state index contributed by atoms with van der Waals surface area (Å²) >= 11 is 0. The Morgan fingerprint density at radius 1 is 1.15 bits per heavy atom. The lowest BCUT2D eigenvalue weighted by molar-refractivity contribution is -0.137. The van der Waals surface area contributed by atoms with E-state index >= 15 is 0 Å². The van der Waals surface area contributed by atoms with Gasteiger partial charge < -0.3 is 5.73 Å². The number of likely N-dealkylation sites (tertiary alicyclic amines) is 1. The molecule has 0 bridgehead atoms. The van der Waals surface area contributed by atoms with Crippen LogP contribution >= 0.6 is 0 Å². The molecule has 0 radical (unpaired) electrons. The van der Waals surface area contributed by atoms with Gasteiger partial charge in [0.1, 0.15) is 18.0 Å². The minimum Gasteiger partial charge on any atom is -0.383 e. The number of hydrogen-bond donors (Lipinski definition) is 2. The molecule has 180 valence electrons. The smallest absolute Gasteiger partial charge is 0.383 e. The first kappa shape index (κ1) is 21.4. The number of anilines is 1. The molecular weight excluding hydrogens is 459 g/mol. The van der Waals surface area contributed by atoms with E-state index in [0.29, 0.717) is 31.2 Å². The van der Waals surface area contributed by atoms with E-state index in [0.717, 1.165) is 24.6 Å². The lowest BCUT2D eigenvalue weighted by Gasteiger charge is -2.28. The van der Waals surface area contributed by atoms with Gasteiger partial charge in [0.05, 0.1) is 23.2 Å². The van der Waals surface area contributed by atoms with Crippen LogP contribution in [-0.4, -0.2) is 53.9 Å². The molecular formula is C21H21F5N8. The Balaban J connectivity index is 1.30. The number of aromatic amines is 1. The molecule has 0 unspecified atom stereocenters. The van der Waals surface area contributed by atoms with Crippen molar-refractivity contribution in [1.82, 2.24) is 34.8 Å². The highest BCUT2D eigenvalue weighted by Gasteiger charge is 2.63. The Kier molecular flexibility index (Phi) is 4.39. The van der Waals surface area contributed by atoms with E-state index in [1.165, 1.54) is 12.5 Å². The van der Waals surface area contributed by atoms with Crippen molar-refractivity contribution in [2.24, 2.45) is 5.92 Å². The number of alkyl halides is 5. The largest absolute Gasteiger partial charge is 0.419 e. The van der Waals surface area contributed by atoms with Crippen molar-refractivity contribution < 1.29 is 22.0 Å². The van der Waals surface area contributed by atoms with Crippen LogP contribution in [0, 0.1) is 5.92 Å². The summed E-state index contributed by atoms with van der Waals surface area (Å²) in [6, 6.07) is 2.19. The van der Waals surface area contributed by atoms with E-state index in [9.17, 15) is 22.0 Å². The first-order valence-electron chi connectivity index (χ1n) is 11.0. The number of H-pyrrole nitrogens is 1. The highest BCUT2D eigenvalue weighted by atomic mass is 19.4. The van der Waals surface area contributed by atoms with Gasteiger partial charge in [0.2, 0.25) is 0 Å². The minimum atomic E-state index is -4.62. The zero-order valence-electron chi connectivity index (χ0n) is 17.9. The zero-order chi connectivity index (χ0) is 23.9. The van der Waals surface area contributed by atoms with Crippen LogP contribution in [0.25, 0.3) is 11.3 Å². The molecule has 6 rings (SSSR count). The number of nitrogens with zero attached hydrogens (tertiary/aromatic N) is 6. The molecule has 1 aliphatic carbocycles. The summed E-state index contributed by atoms with van der Waals surface area (Å²) in [5.41, 5.74) is 5.61. The molecule has 0 amide bonds. The molecule has 34 heavy (non-hydrogen) atoms. The number of aromatic nitrogens is 6. The Morgan fingerprint density at radius 2 is 1.91 bits per heavy atom. The van der Waals surface area contributed by atoms with E-state index in [-0.39, 0.29) is 17.4 Å². The molecule has 1 saturated heterocycles. The van der Waals surface area contributed by atoms with Gasteiger partial charge in [-0.3, -0.25) is 14.7 Å². The van der Waals surface area contributed by atoms with Gasteiger partial charge in [-0.15, -0.1) is 0 Å². The van der Waals surface area contributed by atoms with Gasteiger partial charge >= 0.3 is 6.18 Å². The number of hydrogen-bond acceptors (Lipinski definition) is 6. The molecule has 8 nitrogen and oxygen atoms in total. The van der Waals surface area contributed by atoms with Gasteiger partial charge in [0.15, 0.2) is 0 Å². The van der Waals surface area contributed by atoms with Crippen molar-refractivity contribution >= 4 is 5.82 Å². The fraction of sp³-hybridized carbons (Fsp3) is 0.524. The fourth-order valence-corrected chi connectivity index (χ4v) is 5.55. The highest BCUT2D eigenvalue weighted by molar-refractivity contribution is 5.63. The van der Waals surface area contributed by atoms with E-state index in [1.807, 2.05) is 4.90 Å². The fourth-order valence-electron chi connectivity index (χ4n) is 5.55. The van der Waals surface area contributed by atoms with Crippen molar-refractivity contribution in [2.75, 3.05) is 18.8 Å². The van der Waals surface area contributed by atoms with Crippen LogP contribution in [0.3, 0.4) is 0 Å². The Labute approximate surface area is 190 Å². The quantitative estimate of drug-likeness (QED) is 0.555. The highest BCUT2D eigenvalue weighted by Crippen LogP contribution is 2.58. The number of fused-ring (bicyclic) bond motifs is 2. The summed E-state index contributed by atoms with van der Waals surface area (Å²) in [6.45, 7) is 1.73. The Morgan fingerprint density at radius 3 is 2.59 bits per heavy atom. The van der Waals surface area contributed by atoms with Crippen LogP contribution < -0.4 is 5.73 Å². The maximum Gasteiger partial charge on any atom is 0.419 e. The maximum absolute atomic E-state index is 14.0. The number of rotatable bonds is 4. The molecule has 3 atom stereocenters. The summed E-state index contributed by atoms with van der Waals surface area (Å²) in [5.74, 6) is -3.70. The number of nitrogens with one attached hydrogen (secondary N) is 1. The topological polar surface area (TPSA) is 102 Å². The lowest BCUT2D eigenvalue weighted by atomic mass is 9.82. The van der Waals surface area contributed by atoms with E-state index in [1.54, 1.807) is 10.7 Å². The van der Waals surface area contributed by atoms with Crippen LogP contribution in [0.2, 0.25) is 0 Å². The van der Waals surface area contributed by atoms with Gasteiger partial charge in [-0.2, -0.15) is 23.4 Å². The molecule has 2 aliphatic heterocycles. The van der Waals surface area contributed by atoms with E-state index in [2.05, 4.69) is 25.3 Å². The number of pyridine rings is 1. The van der Waals surface area contributed by atoms with Crippen LogP contribution in [0.15, 0.2) is 24.7 Å². The molecule has 1 spiro atoms. The summed E-state index contributed by atoms with van der Waals surface area (Å²) in [6.07, 6.45) is -0.690. The lowest BCUT2D eigenvalue weighted by Crippen LogP contribution is -2.34. The molecule has 3 aliphatic rings. The van der Waals surface area contributed by atoms with Crippen molar-refractivity contribution in [2.45, 2.75) is 49.4 Å². The van der Waals surface area contributed by atoms with Crippen LogP contribution in [0.4, 0.5) is 27.8 Å². The van der Waals surface area contributed by atoms with E-state index in [4.69, 9.17) is 5.73 Å². The second-order valence-corrected chi connectivity index (χ2v) is 9.43. The van der Waals surface area contributed by atoms with Crippen molar-refractivity contribution in [3.63, 3.8) is 0 Å². The summed E-state index contributed by atoms with van der Waals surface area (Å²) in [7, 11) is 0. The van der Waals surface area contributed by atoms with Gasteiger partial charge in [-0.1, -0.05) is 0 Å². The number of nitrogen functional groups attached to an aromatic ring is 1. The predicted octanol–water partition coefficient (Wildman–Crippen LogP) is 3.41. The molecule has 13 heteroatoms. The average Bonchev–Trinajstić information content (AvgIpc) is 3.35. The third kappa shape index (κ3) is 3.28. The normalized spacial score (nSPS) is 26.8. The van der Waals surface area contributed by atoms with Crippen LogP contribution in [-0.2, 0) is 18.1 Å². The Hall–Kier alpha value is -3.09. The summed E-state index contributed by atoms with van der Waals surface area (Å²) in [5, 5.41) is 11.1. The van der Waals surface area contributed by atoms with Gasteiger partial charge in [0, 0.05) is 42.4 Å². The standard InChI is InChI=1S/C21H21F5N8/c22-20(23)7-13(20)16(18-29-10-30-31-18)33-3-1-19(9-33)2-4-34-15(19)6-14(32-34)11-5-12(21(24,25)26)17(27)28-8-11/h5-6,8,10,13,16H,1-4,7,9H2,(H2,27,28)(H,29,30,31)/t13-,16+,19+/m0/s1. The molecule has 0 aromatic carbocycles. The molecule has 3 N–H and O–H groups in total. The zero-order valence-corrected chi connectivity index (χ0v) is 17.9. The van der Waals surface area contributed by atoms with Crippen LogP contribution in [0.1, 0.15) is 42.4 Å². The molecule has 1 saturated carbocycles. The Bertz CT molecular complexity index is 1240. The maximum atomic E-state index is 14.0. The van der Waals surface area contributed by atoms with Crippen molar-refractivity contribution in [1.29, 1.82) is 0 Å². The second-order valence-electron chi connectivity index (χ2n) is 9.43. The third-order valence-electron chi connectivity index (χ3n) is 7.39. The molecule has 3 aromatic heterocycles. The average molecular weight is 480 g/mol. The minimum absolute atomic E-state index is 0.185. The number of nitrogens with two attached hydrogens (primary N) is 1. The molecule has 3 aromatic rings. The summed E-state index contributed by atoms with van der Waals surface area (Å²) < 4.78 is 69.7. The molecule has 5 heterocycles. The van der Waals surface area contributed by atoms with Gasteiger partial charge in [-0.05, 0) is 31.5 Å². The number of halogens is 5. The molecule has 2 fully saturated rings.